The number of halogens is 2. The van der Waals surface area contributed by atoms with E-state index < -0.39 is 11.6 Å². The van der Waals surface area contributed by atoms with Crippen LogP contribution in [0.5, 0.6) is 0 Å². The fourth-order valence-electron chi connectivity index (χ4n) is 1.78. The maximum absolute atomic E-state index is 13.1. The summed E-state index contributed by atoms with van der Waals surface area (Å²) in [7, 11) is 0. The Hall–Kier alpha value is -2.63. The molecule has 0 spiro atoms. The average Bonchev–Trinajstić information content (AvgIpc) is 2.48. The van der Waals surface area contributed by atoms with Crippen LogP contribution in [0, 0.1) is 11.6 Å². The third-order valence-electron chi connectivity index (χ3n) is 2.80. The molecule has 4 N–H and O–H groups in total. The van der Waals surface area contributed by atoms with Crippen molar-refractivity contribution in [1.29, 1.82) is 0 Å². The van der Waals surface area contributed by atoms with Crippen LogP contribution in [-0.4, -0.2) is 11.0 Å². The summed E-state index contributed by atoms with van der Waals surface area (Å²) in [6.45, 7) is 0.331. The number of oxime groups is 1. The minimum absolute atomic E-state index is 0.00677. The fourth-order valence-corrected chi connectivity index (χ4v) is 1.78. The highest BCUT2D eigenvalue weighted by molar-refractivity contribution is 5.98. The summed E-state index contributed by atoms with van der Waals surface area (Å²) in [6, 6.07) is 10.6. The Kier molecular flexibility index (Phi) is 4.14. The molecular formula is C14H13F2N3O. The summed E-state index contributed by atoms with van der Waals surface area (Å²) in [5, 5.41) is 14.6. The van der Waals surface area contributed by atoms with Crippen molar-refractivity contribution in [2.75, 3.05) is 5.32 Å². The Morgan fingerprint density at radius 2 is 1.90 bits per heavy atom. The van der Waals surface area contributed by atoms with Crippen molar-refractivity contribution < 1.29 is 14.0 Å². The molecule has 104 valence electrons. The fraction of sp³-hybridized carbons (Fsp3) is 0.0714. The van der Waals surface area contributed by atoms with E-state index in [-0.39, 0.29) is 5.84 Å². The first-order chi connectivity index (χ1) is 9.61. The quantitative estimate of drug-likeness (QED) is 0.348. The van der Waals surface area contributed by atoms with E-state index in [1.807, 2.05) is 0 Å². The lowest BCUT2D eigenvalue weighted by molar-refractivity contribution is 0.318. The molecule has 0 unspecified atom stereocenters. The zero-order valence-electron chi connectivity index (χ0n) is 10.5. The zero-order chi connectivity index (χ0) is 14.5. The minimum Gasteiger partial charge on any atom is -0.409 e. The van der Waals surface area contributed by atoms with Gasteiger partial charge < -0.3 is 16.3 Å². The van der Waals surface area contributed by atoms with Crippen LogP contribution in [0.4, 0.5) is 14.5 Å². The molecule has 0 fully saturated rings. The van der Waals surface area contributed by atoms with Gasteiger partial charge in [-0.05, 0) is 17.7 Å². The predicted molar refractivity (Wildman–Crippen MR) is 72.6 cm³/mol. The molecule has 0 atom stereocenters. The summed E-state index contributed by atoms with van der Waals surface area (Å²) in [4.78, 5) is 0. The highest BCUT2D eigenvalue weighted by Gasteiger charge is 2.07. The van der Waals surface area contributed by atoms with Gasteiger partial charge in [0.2, 0.25) is 0 Å². The first-order valence-electron chi connectivity index (χ1n) is 5.86. The zero-order valence-corrected chi connectivity index (χ0v) is 10.5. The monoisotopic (exact) mass is 277 g/mol. The van der Waals surface area contributed by atoms with Gasteiger partial charge in [-0.2, -0.15) is 0 Å². The van der Waals surface area contributed by atoms with Crippen LogP contribution in [-0.2, 0) is 6.54 Å². The number of hydrogen-bond acceptors (Lipinski definition) is 3. The second kappa shape index (κ2) is 6.01. The largest absolute Gasteiger partial charge is 0.409 e. The minimum atomic E-state index is -0.917. The van der Waals surface area contributed by atoms with E-state index in [0.717, 1.165) is 17.7 Å². The van der Waals surface area contributed by atoms with Gasteiger partial charge in [-0.3, -0.25) is 0 Å². The third-order valence-corrected chi connectivity index (χ3v) is 2.80. The van der Waals surface area contributed by atoms with Crippen LogP contribution < -0.4 is 11.1 Å². The van der Waals surface area contributed by atoms with Gasteiger partial charge >= 0.3 is 0 Å². The average molecular weight is 277 g/mol. The van der Waals surface area contributed by atoms with E-state index in [1.165, 1.54) is 6.07 Å². The second-order valence-corrected chi connectivity index (χ2v) is 4.12. The Bertz CT molecular complexity index is 644. The van der Waals surface area contributed by atoms with E-state index in [1.54, 1.807) is 24.3 Å². The first kappa shape index (κ1) is 13.8. The molecule has 20 heavy (non-hydrogen) atoms. The van der Waals surface area contributed by atoms with Crippen LogP contribution in [0.3, 0.4) is 0 Å². The van der Waals surface area contributed by atoms with Crippen molar-refractivity contribution in [3.63, 3.8) is 0 Å². The number of nitrogens with one attached hydrogen (secondary N) is 1. The standard InChI is InChI=1S/C14H13F2N3O/c15-12-6-5-10(7-13(12)16)18-8-9-3-1-2-4-11(9)14(17)19-20/h1-7,18,20H,8H2,(H2,17,19). The lowest BCUT2D eigenvalue weighted by Crippen LogP contribution is -2.16. The summed E-state index contributed by atoms with van der Waals surface area (Å²) in [5.74, 6) is -1.82. The van der Waals surface area contributed by atoms with E-state index >= 15 is 0 Å². The van der Waals surface area contributed by atoms with Gasteiger partial charge in [0.25, 0.3) is 0 Å². The van der Waals surface area contributed by atoms with Crippen molar-refractivity contribution in [3.8, 4) is 0 Å². The van der Waals surface area contributed by atoms with Crippen LogP contribution in [0.2, 0.25) is 0 Å². The Labute approximate surface area is 114 Å². The number of benzene rings is 2. The molecule has 2 aromatic rings. The SMILES string of the molecule is NC(=NO)c1ccccc1CNc1ccc(F)c(F)c1. The van der Waals surface area contributed by atoms with E-state index in [9.17, 15) is 8.78 Å². The van der Waals surface area contributed by atoms with Gasteiger partial charge in [0.05, 0.1) is 0 Å². The van der Waals surface area contributed by atoms with E-state index in [0.29, 0.717) is 17.8 Å². The van der Waals surface area contributed by atoms with Crippen LogP contribution >= 0.6 is 0 Å². The topological polar surface area (TPSA) is 70.6 Å². The molecule has 0 aliphatic rings. The van der Waals surface area contributed by atoms with Gasteiger partial charge in [0, 0.05) is 23.9 Å². The Balaban J connectivity index is 2.17. The first-order valence-corrected chi connectivity index (χ1v) is 5.86. The van der Waals surface area contributed by atoms with Gasteiger partial charge in [-0.1, -0.05) is 29.4 Å². The van der Waals surface area contributed by atoms with Gasteiger partial charge in [0.1, 0.15) is 0 Å². The maximum Gasteiger partial charge on any atom is 0.170 e. The molecule has 0 radical (unpaired) electrons. The number of amidine groups is 1. The molecule has 0 aromatic heterocycles. The molecule has 0 saturated carbocycles. The van der Waals surface area contributed by atoms with Crippen LogP contribution in [0.25, 0.3) is 0 Å². The molecule has 0 amide bonds. The number of hydrogen-bond donors (Lipinski definition) is 3. The molecule has 6 heteroatoms. The highest BCUT2D eigenvalue weighted by Crippen LogP contribution is 2.15. The number of rotatable bonds is 4. The molecule has 2 rings (SSSR count). The Morgan fingerprint density at radius 1 is 1.15 bits per heavy atom. The van der Waals surface area contributed by atoms with Crippen molar-refractivity contribution in [3.05, 3.63) is 65.2 Å². The number of nitrogens with zero attached hydrogens (tertiary/aromatic N) is 1. The lowest BCUT2D eigenvalue weighted by atomic mass is 10.1. The maximum atomic E-state index is 13.1. The lowest BCUT2D eigenvalue weighted by Gasteiger charge is -2.10. The summed E-state index contributed by atoms with van der Waals surface area (Å²) in [6.07, 6.45) is 0. The Morgan fingerprint density at radius 3 is 2.60 bits per heavy atom. The van der Waals surface area contributed by atoms with E-state index in [4.69, 9.17) is 10.9 Å². The number of anilines is 1. The third kappa shape index (κ3) is 3.03. The molecule has 0 saturated heterocycles. The van der Waals surface area contributed by atoms with Gasteiger partial charge in [-0.25, -0.2) is 8.78 Å². The van der Waals surface area contributed by atoms with Gasteiger partial charge in [0.15, 0.2) is 17.5 Å². The van der Waals surface area contributed by atoms with Crippen molar-refractivity contribution in [2.45, 2.75) is 6.54 Å². The molecule has 4 nitrogen and oxygen atoms in total. The highest BCUT2D eigenvalue weighted by atomic mass is 19.2. The molecule has 0 aliphatic carbocycles. The summed E-state index contributed by atoms with van der Waals surface area (Å²) < 4.78 is 25.9. The normalized spacial score (nSPS) is 11.4. The summed E-state index contributed by atoms with van der Waals surface area (Å²) in [5.41, 5.74) is 7.36. The van der Waals surface area contributed by atoms with E-state index in [2.05, 4.69) is 10.5 Å². The molecular weight excluding hydrogens is 264 g/mol. The van der Waals surface area contributed by atoms with Crippen molar-refractivity contribution in [2.24, 2.45) is 10.9 Å². The second-order valence-electron chi connectivity index (χ2n) is 4.12. The van der Waals surface area contributed by atoms with Crippen LogP contribution in [0.1, 0.15) is 11.1 Å². The van der Waals surface area contributed by atoms with Crippen molar-refractivity contribution in [1.82, 2.24) is 0 Å². The van der Waals surface area contributed by atoms with Crippen LogP contribution in [0.15, 0.2) is 47.6 Å². The smallest absolute Gasteiger partial charge is 0.170 e. The predicted octanol–water partition coefficient (Wildman–Crippen LogP) is 2.67. The van der Waals surface area contributed by atoms with Crippen molar-refractivity contribution >= 4 is 11.5 Å². The molecule has 2 aromatic carbocycles. The molecule has 0 aliphatic heterocycles. The van der Waals surface area contributed by atoms with Gasteiger partial charge in [-0.15, -0.1) is 0 Å². The molecule has 0 heterocycles. The molecule has 0 bridgehead atoms. The summed E-state index contributed by atoms with van der Waals surface area (Å²) >= 11 is 0. The number of nitrogens with two attached hydrogens (primary N) is 1.